The minimum absolute atomic E-state index is 0.116. The van der Waals surface area contributed by atoms with Crippen molar-refractivity contribution in [2.75, 3.05) is 0 Å². The number of aliphatic carboxylic acids is 1. The molecule has 2 aliphatic rings. The van der Waals surface area contributed by atoms with Crippen LogP contribution in [0.3, 0.4) is 0 Å². The van der Waals surface area contributed by atoms with Crippen LogP contribution in [0.2, 0.25) is 0 Å². The van der Waals surface area contributed by atoms with Crippen molar-refractivity contribution in [2.24, 2.45) is 24.8 Å². The van der Waals surface area contributed by atoms with Gasteiger partial charge in [-0.3, -0.25) is 14.3 Å². The number of ketones is 1. The van der Waals surface area contributed by atoms with Crippen molar-refractivity contribution in [1.82, 2.24) is 20.0 Å². The van der Waals surface area contributed by atoms with Crippen molar-refractivity contribution in [1.29, 1.82) is 0 Å². The highest BCUT2D eigenvalue weighted by Gasteiger charge is 2.30. The van der Waals surface area contributed by atoms with E-state index in [1.54, 1.807) is 11.7 Å². The monoisotopic (exact) mass is 440 g/mol. The van der Waals surface area contributed by atoms with Crippen LogP contribution in [0.4, 0.5) is 0 Å². The molecule has 0 radical (unpaired) electrons. The highest BCUT2D eigenvalue weighted by atomic mass is 16.5. The van der Waals surface area contributed by atoms with Crippen LogP contribution in [0.1, 0.15) is 63.3 Å². The number of carbonyl (C=O) groups excluding carboxylic acids is 1. The summed E-state index contributed by atoms with van der Waals surface area (Å²) in [6.45, 7) is 4.03. The van der Waals surface area contributed by atoms with E-state index < -0.39 is 5.97 Å². The zero-order chi connectivity index (χ0) is 22.8. The van der Waals surface area contributed by atoms with Gasteiger partial charge in [0.2, 0.25) is 0 Å². The summed E-state index contributed by atoms with van der Waals surface area (Å²) >= 11 is 0. The van der Waals surface area contributed by atoms with Crippen LogP contribution in [0.5, 0.6) is 5.75 Å². The fourth-order valence-corrected chi connectivity index (χ4v) is 4.68. The molecule has 8 heteroatoms. The summed E-state index contributed by atoms with van der Waals surface area (Å²) in [5.74, 6) is 0.908. The van der Waals surface area contributed by atoms with Gasteiger partial charge in [0.1, 0.15) is 17.2 Å². The second-order valence-electron chi connectivity index (χ2n) is 9.46. The van der Waals surface area contributed by atoms with Gasteiger partial charge >= 0.3 is 5.97 Å². The molecule has 0 bridgehead atoms. The number of hydrogen-bond acceptors (Lipinski definition) is 6. The van der Waals surface area contributed by atoms with Gasteiger partial charge in [-0.15, -0.1) is 5.10 Å². The Bertz CT molecular complexity index is 998. The fourth-order valence-electron chi connectivity index (χ4n) is 4.68. The average Bonchev–Trinajstić information content (AvgIpc) is 3.55. The van der Waals surface area contributed by atoms with E-state index in [-0.39, 0.29) is 17.8 Å². The Morgan fingerprint density at radius 1 is 1.25 bits per heavy atom. The number of carboxylic acids is 1. The summed E-state index contributed by atoms with van der Waals surface area (Å²) in [5, 5.41) is 17.7. The quantitative estimate of drug-likeness (QED) is 0.633. The highest BCUT2D eigenvalue weighted by molar-refractivity contribution is 5.82. The lowest BCUT2D eigenvalue weighted by Gasteiger charge is -2.27. The van der Waals surface area contributed by atoms with Crippen LogP contribution in [-0.4, -0.2) is 42.9 Å². The van der Waals surface area contributed by atoms with Gasteiger partial charge in [0.05, 0.1) is 35.5 Å². The Hall–Kier alpha value is -2.77. The lowest BCUT2D eigenvalue weighted by molar-refractivity contribution is -0.143. The van der Waals surface area contributed by atoms with Gasteiger partial charge in [0, 0.05) is 13.5 Å². The van der Waals surface area contributed by atoms with Gasteiger partial charge in [-0.05, 0) is 69.4 Å². The summed E-state index contributed by atoms with van der Waals surface area (Å²) in [6, 6.07) is 3.70. The maximum atomic E-state index is 12.7. The van der Waals surface area contributed by atoms with E-state index in [9.17, 15) is 14.7 Å². The number of rotatable bonds is 9. The van der Waals surface area contributed by atoms with Crippen molar-refractivity contribution in [3.05, 3.63) is 23.5 Å². The molecular formula is C24H32N4O4. The van der Waals surface area contributed by atoms with Crippen molar-refractivity contribution in [3.8, 4) is 17.1 Å². The smallest absolute Gasteiger partial charge is 0.306 e. The average molecular weight is 441 g/mol. The van der Waals surface area contributed by atoms with Crippen molar-refractivity contribution in [2.45, 2.75) is 71.3 Å². The molecule has 2 saturated carbocycles. The molecule has 32 heavy (non-hydrogen) atoms. The fraction of sp³-hybridized carbons (Fsp3) is 0.625. The van der Waals surface area contributed by atoms with E-state index in [0.29, 0.717) is 60.4 Å². The molecule has 2 aromatic heterocycles. The predicted octanol–water partition coefficient (Wildman–Crippen LogP) is 3.76. The summed E-state index contributed by atoms with van der Waals surface area (Å²) < 4.78 is 7.77. The zero-order valence-corrected chi connectivity index (χ0v) is 19.1. The number of ether oxygens (including phenoxy) is 1. The normalized spacial score (nSPS) is 21.8. The van der Waals surface area contributed by atoms with Crippen molar-refractivity contribution < 1.29 is 19.4 Å². The number of hydrogen-bond donors (Lipinski definition) is 1. The zero-order valence-electron chi connectivity index (χ0n) is 19.1. The Morgan fingerprint density at radius 2 is 2.03 bits per heavy atom. The largest absolute Gasteiger partial charge is 0.489 e. The van der Waals surface area contributed by atoms with Crippen LogP contribution >= 0.6 is 0 Å². The third kappa shape index (κ3) is 5.16. The maximum absolute atomic E-state index is 12.7. The van der Waals surface area contributed by atoms with Crippen molar-refractivity contribution >= 4 is 11.8 Å². The number of Topliss-reactive ketones (excluding diaryl/α,β-unsaturated/α-hetero) is 1. The first-order valence-corrected chi connectivity index (χ1v) is 11.6. The molecule has 0 unspecified atom stereocenters. The van der Waals surface area contributed by atoms with Gasteiger partial charge in [0.15, 0.2) is 0 Å². The van der Waals surface area contributed by atoms with Gasteiger partial charge in [-0.1, -0.05) is 12.1 Å². The lowest BCUT2D eigenvalue weighted by atomic mass is 9.87. The third-order valence-corrected chi connectivity index (χ3v) is 6.83. The molecular weight excluding hydrogens is 408 g/mol. The maximum Gasteiger partial charge on any atom is 0.306 e. The van der Waals surface area contributed by atoms with Crippen LogP contribution in [0.15, 0.2) is 12.1 Å². The van der Waals surface area contributed by atoms with Gasteiger partial charge in [-0.25, -0.2) is 4.98 Å². The molecule has 2 aliphatic carbocycles. The molecule has 0 saturated heterocycles. The van der Waals surface area contributed by atoms with Gasteiger partial charge in [0.25, 0.3) is 0 Å². The lowest BCUT2D eigenvalue weighted by Crippen LogP contribution is -2.29. The van der Waals surface area contributed by atoms with Crippen LogP contribution in [-0.2, 0) is 23.1 Å². The van der Waals surface area contributed by atoms with Crippen LogP contribution < -0.4 is 4.74 Å². The molecule has 2 heterocycles. The standard InChI is InChI=1S/C24H32N4O4/c1-14(16-7-8-16)11-18(29)13-21-23(26-27-28(21)3)20-9-10-22(15(2)25-20)32-19-6-4-5-17(12-19)24(30)31/h9-10,14,16-17,19H,4-8,11-13H2,1-3H3,(H,30,31)/t14-,17-,19-/m0/s1. The van der Waals surface area contributed by atoms with E-state index in [0.717, 1.165) is 18.5 Å². The summed E-state index contributed by atoms with van der Waals surface area (Å²) in [5.41, 5.74) is 2.77. The first-order valence-electron chi connectivity index (χ1n) is 11.6. The second kappa shape index (κ2) is 9.38. The first-order chi connectivity index (χ1) is 15.3. The van der Waals surface area contributed by atoms with E-state index in [2.05, 4.69) is 22.2 Å². The topological polar surface area (TPSA) is 107 Å². The van der Waals surface area contributed by atoms with Gasteiger partial charge < -0.3 is 9.84 Å². The molecule has 0 aliphatic heterocycles. The highest BCUT2D eigenvalue weighted by Crippen LogP contribution is 2.38. The molecule has 0 amide bonds. The van der Waals surface area contributed by atoms with E-state index in [1.807, 2.05) is 19.1 Å². The number of nitrogens with zero attached hydrogens (tertiary/aromatic N) is 4. The van der Waals surface area contributed by atoms with Crippen molar-refractivity contribution in [3.63, 3.8) is 0 Å². The van der Waals surface area contributed by atoms with Crippen LogP contribution in [0.25, 0.3) is 11.4 Å². The molecule has 8 nitrogen and oxygen atoms in total. The number of carboxylic acid groups (broad SMARTS) is 1. The Balaban J connectivity index is 1.46. The number of pyridine rings is 1. The number of aromatic nitrogens is 4. The summed E-state index contributed by atoms with van der Waals surface area (Å²) in [4.78, 5) is 28.6. The SMILES string of the molecule is Cc1nc(-c2nnn(C)c2CC(=O)C[C@H](C)C2CC2)ccc1O[C@H]1CCC[C@H](C(=O)O)C1. The molecule has 3 atom stereocenters. The Labute approximate surface area is 188 Å². The molecule has 0 spiro atoms. The van der Waals surface area contributed by atoms with E-state index in [4.69, 9.17) is 4.74 Å². The first kappa shape index (κ1) is 22.4. The molecule has 0 aromatic carbocycles. The second-order valence-corrected chi connectivity index (χ2v) is 9.46. The molecule has 2 aromatic rings. The third-order valence-electron chi connectivity index (χ3n) is 6.83. The van der Waals surface area contributed by atoms with E-state index in [1.165, 1.54) is 12.8 Å². The minimum atomic E-state index is -0.750. The Morgan fingerprint density at radius 3 is 2.72 bits per heavy atom. The van der Waals surface area contributed by atoms with Crippen LogP contribution in [0, 0.1) is 24.7 Å². The van der Waals surface area contributed by atoms with E-state index >= 15 is 0 Å². The molecule has 1 N–H and O–H groups in total. The number of aryl methyl sites for hydroxylation is 2. The summed E-state index contributed by atoms with van der Waals surface area (Å²) in [7, 11) is 1.80. The van der Waals surface area contributed by atoms with Gasteiger partial charge in [-0.2, -0.15) is 0 Å². The molecule has 172 valence electrons. The minimum Gasteiger partial charge on any atom is -0.489 e. The summed E-state index contributed by atoms with van der Waals surface area (Å²) in [6.07, 6.45) is 6.18. The molecule has 4 rings (SSSR count). The molecule has 2 fully saturated rings. The number of carbonyl (C=O) groups is 2. The predicted molar refractivity (Wildman–Crippen MR) is 118 cm³/mol. The Kier molecular flexibility index (Phi) is 6.58.